The van der Waals surface area contributed by atoms with Gasteiger partial charge in [0.05, 0.1) is 50.7 Å². The molecule has 3 unspecified atom stereocenters. The standard InChI is InChI=1S/C53H71N11O12/c1-31(65)58-32-16-21-44(74-3)37(28-32)48(67)62-40(13-7-6-10-24-54)51(70)60-34-18-22-45(75-4)38(29-34)50(69)64-42(15-9-12-26-56)53(72)61-35-19-23-46(76-5)39(30-35)49(68)63-41(14-8-11-25-55)52(71)59-33-17-20-43(73-2)36(27-33)47(57)66/h16-23,27-30,40-42H,6-15,24-26,54-56H2,1-5H3,(H2,57,66)(H,58,65)(H,59,71)(H,60,70)(H,61,72)(H,62,67)(H,63,68)(H,64,69). The first kappa shape index (κ1) is 60.3. The Hall–Kier alpha value is -8.28. The van der Waals surface area contributed by atoms with Crippen LogP contribution in [0.25, 0.3) is 0 Å². The van der Waals surface area contributed by atoms with Crippen molar-refractivity contribution >= 4 is 70.0 Å². The maximum atomic E-state index is 14.2. The fraction of sp³-hybridized carbons (Fsp3) is 0.396. The zero-order valence-corrected chi connectivity index (χ0v) is 43.6. The summed E-state index contributed by atoms with van der Waals surface area (Å²) >= 11 is 0. The first-order chi connectivity index (χ1) is 36.5. The molecule has 410 valence electrons. The van der Waals surface area contributed by atoms with E-state index in [1.54, 1.807) is 6.07 Å². The number of amides is 8. The molecule has 23 nitrogen and oxygen atoms in total. The number of carbonyl (C=O) groups is 8. The maximum Gasteiger partial charge on any atom is 0.255 e. The van der Waals surface area contributed by atoms with E-state index in [1.807, 2.05) is 0 Å². The van der Waals surface area contributed by atoms with Crippen molar-refractivity contribution in [2.75, 3.05) is 69.3 Å². The third kappa shape index (κ3) is 18.0. The van der Waals surface area contributed by atoms with Crippen LogP contribution in [0.3, 0.4) is 0 Å². The number of nitrogens with one attached hydrogen (secondary N) is 7. The number of methoxy groups -OCH3 is 4. The molecule has 4 aromatic carbocycles. The van der Waals surface area contributed by atoms with Crippen molar-refractivity contribution in [1.82, 2.24) is 16.0 Å². The molecule has 0 aliphatic rings. The van der Waals surface area contributed by atoms with Gasteiger partial charge in [0.1, 0.15) is 41.1 Å². The highest BCUT2D eigenvalue weighted by Crippen LogP contribution is 2.28. The Morgan fingerprint density at radius 1 is 0.408 bits per heavy atom. The molecule has 23 heteroatoms. The molecule has 4 rings (SSSR count). The van der Waals surface area contributed by atoms with Gasteiger partial charge in [0.2, 0.25) is 23.6 Å². The predicted octanol–water partition coefficient (Wildman–Crippen LogP) is 3.77. The van der Waals surface area contributed by atoms with Crippen LogP contribution in [-0.4, -0.2) is 113 Å². The molecule has 0 aliphatic carbocycles. The zero-order valence-electron chi connectivity index (χ0n) is 43.6. The zero-order chi connectivity index (χ0) is 55.7. The van der Waals surface area contributed by atoms with Crippen LogP contribution < -0.4 is 79.1 Å². The first-order valence-electron chi connectivity index (χ1n) is 24.8. The van der Waals surface area contributed by atoms with E-state index in [9.17, 15) is 38.4 Å². The van der Waals surface area contributed by atoms with E-state index in [4.69, 9.17) is 41.9 Å². The molecule has 0 radical (unpaired) electrons. The van der Waals surface area contributed by atoms with Crippen molar-refractivity contribution < 1.29 is 57.3 Å². The quantitative estimate of drug-likeness (QED) is 0.0320. The number of primary amides is 1. The topological polar surface area (TPSA) is 362 Å². The summed E-state index contributed by atoms with van der Waals surface area (Å²) in [6, 6.07) is 14.3. The van der Waals surface area contributed by atoms with Crippen LogP contribution in [0.15, 0.2) is 72.8 Å². The Labute approximate surface area is 441 Å². The van der Waals surface area contributed by atoms with Gasteiger partial charge in [-0.1, -0.05) is 12.8 Å². The third-order valence-corrected chi connectivity index (χ3v) is 11.9. The second-order valence-corrected chi connectivity index (χ2v) is 17.5. The summed E-state index contributed by atoms with van der Waals surface area (Å²) in [7, 11) is 5.46. The molecule has 0 fully saturated rings. The smallest absolute Gasteiger partial charge is 0.255 e. The first-order valence-corrected chi connectivity index (χ1v) is 24.8. The molecule has 0 spiro atoms. The lowest BCUT2D eigenvalue weighted by atomic mass is 10.0. The van der Waals surface area contributed by atoms with Gasteiger partial charge in [-0.25, -0.2) is 0 Å². The Morgan fingerprint density at radius 2 is 0.684 bits per heavy atom. The molecule has 0 saturated heterocycles. The summed E-state index contributed by atoms with van der Waals surface area (Å²) in [6.07, 6.45) is 4.50. The normalized spacial score (nSPS) is 11.9. The van der Waals surface area contributed by atoms with Crippen LogP contribution in [0, 0.1) is 0 Å². The number of rotatable bonds is 31. The molecule has 0 aromatic heterocycles. The van der Waals surface area contributed by atoms with Crippen LogP contribution in [0.2, 0.25) is 0 Å². The molecule has 0 saturated carbocycles. The van der Waals surface area contributed by atoms with Crippen molar-refractivity contribution in [3.63, 3.8) is 0 Å². The van der Waals surface area contributed by atoms with Crippen molar-refractivity contribution in [2.24, 2.45) is 22.9 Å². The minimum absolute atomic E-state index is 0.0297. The number of unbranched alkanes of at least 4 members (excludes halogenated alkanes) is 4. The van der Waals surface area contributed by atoms with E-state index >= 15 is 0 Å². The van der Waals surface area contributed by atoms with Crippen LogP contribution >= 0.6 is 0 Å². The summed E-state index contributed by atoms with van der Waals surface area (Å²) in [6.45, 7) is 2.44. The summed E-state index contributed by atoms with van der Waals surface area (Å²) in [4.78, 5) is 107. The van der Waals surface area contributed by atoms with E-state index < -0.39 is 59.5 Å². The Kier molecular flexibility index (Phi) is 24.4. The van der Waals surface area contributed by atoms with Crippen LogP contribution in [0.1, 0.15) is 113 Å². The molecule has 0 bridgehead atoms. The lowest BCUT2D eigenvalue weighted by Gasteiger charge is -2.22. The van der Waals surface area contributed by atoms with E-state index in [0.717, 1.165) is 0 Å². The average molecular weight is 1050 g/mol. The Morgan fingerprint density at radius 3 is 0.974 bits per heavy atom. The number of hydrogen-bond acceptors (Lipinski definition) is 15. The van der Waals surface area contributed by atoms with Crippen LogP contribution in [0.5, 0.6) is 23.0 Å². The van der Waals surface area contributed by atoms with Gasteiger partial charge in [-0.2, -0.15) is 0 Å². The highest BCUT2D eigenvalue weighted by atomic mass is 16.5. The highest BCUT2D eigenvalue weighted by Gasteiger charge is 2.28. The molecular formula is C53H71N11O12. The number of nitrogens with two attached hydrogens (primary N) is 4. The van der Waals surface area contributed by atoms with Gasteiger partial charge in [-0.15, -0.1) is 0 Å². The predicted molar refractivity (Wildman–Crippen MR) is 288 cm³/mol. The van der Waals surface area contributed by atoms with Gasteiger partial charge in [-0.3, -0.25) is 38.4 Å². The number of carbonyl (C=O) groups excluding carboxylic acids is 8. The summed E-state index contributed by atoms with van der Waals surface area (Å²) in [5.74, 6) is -4.37. The van der Waals surface area contributed by atoms with E-state index in [2.05, 4.69) is 37.2 Å². The monoisotopic (exact) mass is 1050 g/mol. The largest absolute Gasteiger partial charge is 0.496 e. The molecule has 4 aromatic rings. The van der Waals surface area contributed by atoms with Crippen molar-refractivity contribution in [2.45, 2.75) is 89.3 Å². The van der Waals surface area contributed by atoms with Crippen molar-refractivity contribution in [3.05, 3.63) is 95.1 Å². The van der Waals surface area contributed by atoms with Crippen molar-refractivity contribution in [3.8, 4) is 23.0 Å². The second kappa shape index (κ2) is 30.8. The third-order valence-electron chi connectivity index (χ3n) is 11.9. The SMILES string of the molecule is COc1ccc(NC(=O)C(CCCCN)NC(=O)c2cc(NC(=O)C(CCCCN)NC(=O)c3cc(NC(=O)C(CCCCCN)NC(=O)c4cc(NC(C)=O)ccc4OC)ccc3OC)ccc2OC)cc1C(N)=O. The minimum atomic E-state index is -1.15. The van der Waals surface area contributed by atoms with Gasteiger partial charge in [-0.05, 0) is 144 Å². The maximum absolute atomic E-state index is 14.2. The van der Waals surface area contributed by atoms with Crippen LogP contribution in [0.4, 0.5) is 22.7 Å². The second-order valence-electron chi connectivity index (χ2n) is 17.5. The molecule has 15 N–H and O–H groups in total. The number of hydrogen-bond donors (Lipinski definition) is 11. The number of ether oxygens (including phenoxy) is 4. The number of anilines is 4. The minimum Gasteiger partial charge on any atom is -0.496 e. The van der Waals surface area contributed by atoms with Gasteiger partial charge in [0.25, 0.3) is 23.6 Å². The Balaban J connectivity index is 1.56. The molecule has 0 aliphatic heterocycles. The van der Waals surface area contributed by atoms with Crippen LogP contribution in [-0.2, 0) is 19.2 Å². The fourth-order valence-corrected chi connectivity index (χ4v) is 7.93. The van der Waals surface area contributed by atoms with Gasteiger partial charge in [0.15, 0.2) is 0 Å². The molecular weight excluding hydrogens is 983 g/mol. The molecule has 0 heterocycles. The van der Waals surface area contributed by atoms with Gasteiger partial charge in [0, 0.05) is 29.7 Å². The van der Waals surface area contributed by atoms with Crippen molar-refractivity contribution in [1.29, 1.82) is 0 Å². The Bertz CT molecular complexity index is 2680. The average Bonchev–Trinajstić information content (AvgIpc) is 3.40. The lowest BCUT2D eigenvalue weighted by Crippen LogP contribution is -2.44. The number of benzene rings is 4. The van der Waals surface area contributed by atoms with Gasteiger partial charge < -0.3 is 79.1 Å². The summed E-state index contributed by atoms with van der Waals surface area (Å²) in [5.41, 5.74) is 23.7. The van der Waals surface area contributed by atoms with Gasteiger partial charge >= 0.3 is 0 Å². The molecule has 8 amide bonds. The lowest BCUT2D eigenvalue weighted by molar-refractivity contribution is -0.118. The fourth-order valence-electron chi connectivity index (χ4n) is 7.93. The van der Waals surface area contributed by atoms with E-state index in [-0.39, 0.29) is 87.5 Å². The summed E-state index contributed by atoms with van der Waals surface area (Å²) < 4.78 is 21.6. The van der Waals surface area contributed by atoms with E-state index in [0.29, 0.717) is 70.3 Å². The molecule has 3 atom stereocenters. The highest BCUT2D eigenvalue weighted by molar-refractivity contribution is 6.07. The summed E-state index contributed by atoms with van der Waals surface area (Å²) in [5, 5.41) is 19.2. The van der Waals surface area contributed by atoms with E-state index in [1.165, 1.54) is 102 Å². The molecule has 76 heavy (non-hydrogen) atoms.